The molecule has 0 amide bonds. The van der Waals surface area contributed by atoms with Gasteiger partial charge in [0.05, 0.1) is 24.1 Å². The second-order valence-corrected chi connectivity index (χ2v) is 8.60. The van der Waals surface area contributed by atoms with Gasteiger partial charge in [0.2, 0.25) is 5.95 Å². The number of nitrogen functional groups attached to an aromatic ring is 1. The van der Waals surface area contributed by atoms with Crippen molar-refractivity contribution in [1.29, 1.82) is 0 Å². The van der Waals surface area contributed by atoms with Crippen molar-refractivity contribution in [2.24, 2.45) is 5.92 Å². The van der Waals surface area contributed by atoms with Gasteiger partial charge in [0, 0.05) is 17.9 Å². The van der Waals surface area contributed by atoms with Gasteiger partial charge in [-0.3, -0.25) is 0 Å². The van der Waals surface area contributed by atoms with Crippen LogP contribution in [0.5, 0.6) is 5.75 Å². The van der Waals surface area contributed by atoms with Crippen LogP contribution in [-0.4, -0.2) is 46.6 Å². The molecule has 0 spiro atoms. The predicted octanol–water partition coefficient (Wildman–Crippen LogP) is 1.48. The number of nitrogens with zero attached hydrogens (tertiary/aromatic N) is 4. The standard InChI is InChI=1S/C16H21N5O3S/c1-10(2)9-25(22,23)7-6-14-19-15-12-5-4-11(24-3)8-13(12)18-16(17)21(15)20-14/h4-5,8,10H,6-7,9H2,1-3H3,(H2,17,18). The van der Waals surface area contributed by atoms with Gasteiger partial charge in [0.15, 0.2) is 21.3 Å². The van der Waals surface area contributed by atoms with E-state index in [9.17, 15) is 8.42 Å². The number of hydrogen-bond acceptors (Lipinski definition) is 7. The molecule has 2 aromatic heterocycles. The summed E-state index contributed by atoms with van der Waals surface area (Å²) in [6.45, 7) is 3.76. The second-order valence-electron chi connectivity index (χ2n) is 6.37. The molecule has 0 bridgehead atoms. The highest BCUT2D eigenvalue weighted by molar-refractivity contribution is 7.91. The van der Waals surface area contributed by atoms with Crippen LogP contribution in [0.2, 0.25) is 0 Å². The highest BCUT2D eigenvalue weighted by Crippen LogP contribution is 2.24. The second kappa shape index (κ2) is 6.47. The van der Waals surface area contributed by atoms with Crippen LogP contribution < -0.4 is 10.5 Å². The third-order valence-corrected chi connectivity index (χ3v) is 5.77. The van der Waals surface area contributed by atoms with Crippen molar-refractivity contribution in [3.63, 3.8) is 0 Å². The summed E-state index contributed by atoms with van der Waals surface area (Å²) >= 11 is 0. The molecule has 2 heterocycles. The van der Waals surface area contributed by atoms with Crippen LogP contribution in [-0.2, 0) is 16.3 Å². The topological polar surface area (TPSA) is 112 Å². The normalized spacial score (nSPS) is 12.3. The van der Waals surface area contributed by atoms with Crippen LogP contribution in [0.4, 0.5) is 5.95 Å². The molecule has 0 aliphatic rings. The highest BCUT2D eigenvalue weighted by Gasteiger charge is 2.17. The molecule has 0 saturated carbocycles. The molecule has 3 rings (SSSR count). The SMILES string of the molecule is COc1ccc2c(c1)nc(N)n1nc(CCS(=O)(=O)CC(C)C)nc21. The molecule has 25 heavy (non-hydrogen) atoms. The summed E-state index contributed by atoms with van der Waals surface area (Å²) in [7, 11) is -1.55. The molecule has 2 N–H and O–H groups in total. The molecular weight excluding hydrogens is 342 g/mol. The van der Waals surface area contributed by atoms with E-state index in [4.69, 9.17) is 10.5 Å². The van der Waals surface area contributed by atoms with E-state index < -0.39 is 9.84 Å². The lowest BCUT2D eigenvalue weighted by molar-refractivity contribution is 0.415. The summed E-state index contributed by atoms with van der Waals surface area (Å²) < 4.78 is 30.8. The number of nitrogens with two attached hydrogens (primary N) is 1. The Kier molecular flexibility index (Phi) is 4.51. The number of fused-ring (bicyclic) bond motifs is 3. The minimum Gasteiger partial charge on any atom is -0.497 e. The Balaban J connectivity index is 1.97. The predicted molar refractivity (Wildman–Crippen MR) is 96.4 cm³/mol. The van der Waals surface area contributed by atoms with Gasteiger partial charge in [-0.05, 0) is 18.1 Å². The average molecular weight is 363 g/mol. The zero-order chi connectivity index (χ0) is 18.2. The van der Waals surface area contributed by atoms with Crippen LogP contribution in [0.15, 0.2) is 18.2 Å². The van der Waals surface area contributed by atoms with Crippen LogP contribution in [0, 0.1) is 5.92 Å². The van der Waals surface area contributed by atoms with Crippen molar-refractivity contribution in [2.45, 2.75) is 20.3 Å². The van der Waals surface area contributed by atoms with Crippen LogP contribution >= 0.6 is 0 Å². The number of sulfone groups is 1. The van der Waals surface area contributed by atoms with E-state index >= 15 is 0 Å². The number of anilines is 1. The zero-order valence-corrected chi connectivity index (χ0v) is 15.2. The van der Waals surface area contributed by atoms with Gasteiger partial charge in [0.1, 0.15) is 5.75 Å². The minimum atomic E-state index is -3.13. The number of aryl methyl sites for hydroxylation is 1. The summed E-state index contributed by atoms with van der Waals surface area (Å²) in [6.07, 6.45) is 0.244. The first kappa shape index (κ1) is 17.4. The van der Waals surface area contributed by atoms with Gasteiger partial charge < -0.3 is 10.5 Å². The Morgan fingerprint density at radius 1 is 1.28 bits per heavy atom. The van der Waals surface area contributed by atoms with E-state index in [1.165, 1.54) is 4.52 Å². The quantitative estimate of drug-likeness (QED) is 0.706. The van der Waals surface area contributed by atoms with Gasteiger partial charge in [-0.2, -0.15) is 4.52 Å². The Bertz CT molecular complexity index is 1030. The Morgan fingerprint density at radius 3 is 2.72 bits per heavy atom. The van der Waals surface area contributed by atoms with Gasteiger partial charge >= 0.3 is 0 Å². The number of methoxy groups -OCH3 is 1. The number of aromatic nitrogens is 4. The molecule has 0 radical (unpaired) electrons. The number of hydrogen-bond donors (Lipinski definition) is 1. The van der Waals surface area contributed by atoms with E-state index in [1.807, 2.05) is 26.0 Å². The monoisotopic (exact) mass is 363 g/mol. The number of benzene rings is 1. The van der Waals surface area contributed by atoms with Crippen molar-refractivity contribution in [1.82, 2.24) is 19.6 Å². The van der Waals surface area contributed by atoms with E-state index in [-0.39, 0.29) is 29.8 Å². The van der Waals surface area contributed by atoms with Crippen molar-refractivity contribution in [3.05, 3.63) is 24.0 Å². The summed E-state index contributed by atoms with van der Waals surface area (Å²) in [5.41, 5.74) is 7.17. The first-order chi connectivity index (χ1) is 11.8. The molecule has 1 aromatic carbocycles. The molecule has 0 atom stereocenters. The highest BCUT2D eigenvalue weighted by atomic mass is 32.2. The molecule has 0 fully saturated rings. The molecule has 0 saturated heterocycles. The van der Waals surface area contributed by atoms with E-state index in [1.54, 1.807) is 13.2 Å². The smallest absolute Gasteiger partial charge is 0.223 e. The lowest BCUT2D eigenvalue weighted by Gasteiger charge is -2.04. The lowest BCUT2D eigenvalue weighted by Crippen LogP contribution is -2.17. The molecule has 0 aliphatic heterocycles. The van der Waals surface area contributed by atoms with Gasteiger partial charge in [-0.25, -0.2) is 18.4 Å². The fourth-order valence-corrected chi connectivity index (χ4v) is 4.40. The first-order valence-electron chi connectivity index (χ1n) is 7.98. The maximum Gasteiger partial charge on any atom is 0.223 e. The van der Waals surface area contributed by atoms with Gasteiger partial charge in [-0.15, -0.1) is 5.10 Å². The first-order valence-corrected chi connectivity index (χ1v) is 9.80. The van der Waals surface area contributed by atoms with Crippen molar-refractivity contribution < 1.29 is 13.2 Å². The average Bonchev–Trinajstić information content (AvgIpc) is 2.96. The van der Waals surface area contributed by atoms with Crippen molar-refractivity contribution in [3.8, 4) is 5.75 Å². The third kappa shape index (κ3) is 3.65. The summed E-state index contributed by atoms with van der Waals surface area (Å²) in [4.78, 5) is 8.78. The summed E-state index contributed by atoms with van der Waals surface area (Å²) in [6, 6.07) is 5.42. The summed E-state index contributed by atoms with van der Waals surface area (Å²) in [5.74, 6) is 1.57. The molecule has 8 nitrogen and oxygen atoms in total. The number of rotatable bonds is 6. The molecule has 3 aromatic rings. The molecule has 0 aliphatic carbocycles. The third-order valence-electron chi connectivity index (χ3n) is 3.77. The molecule has 134 valence electrons. The summed E-state index contributed by atoms with van der Waals surface area (Å²) in [5, 5.41) is 5.09. The molecule has 0 unspecified atom stereocenters. The zero-order valence-electron chi connectivity index (χ0n) is 14.4. The molecule has 9 heteroatoms. The van der Waals surface area contributed by atoms with Crippen molar-refractivity contribution >= 4 is 32.3 Å². The Labute approximate surface area is 145 Å². The maximum atomic E-state index is 12.1. The largest absolute Gasteiger partial charge is 0.497 e. The Morgan fingerprint density at radius 2 is 2.04 bits per heavy atom. The Hall–Kier alpha value is -2.42. The van der Waals surface area contributed by atoms with E-state index in [0.29, 0.717) is 22.7 Å². The fraction of sp³-hybridized carbons (Fsp3) is 0.438. The van der Waals surface area contributed by atoms with Crippen LogP contribution in [0.1, 0.15) is 19.7 Å². The van der Waals surface area contributed by atoms with Gasteiger partial charge in [-0.1, -0.05) is 13.8 Å². The lowest BCUT2D eigenvalue weighted by atomic mass is 10.2. The fourth-order valence-electron chi connectivity index (χ4n) is 2.72. The van der Waals surface area contributed by atoms with Crippen molar-refractivity contribution in [2.75, 3.05) is 24.3 Å². The van der Waals surface area contributed by atoms with Gasteiger partial charge in [0.25, 0.3) is 0 Å². The van der Waals surface area contributed by atoms with E-state index in [0.717, 1.165) is 5.39 Å². The number of ether oxygens (including phenoxy) is 1. The van der Waals surface area contributed by atoms with E-state index in [2.05, 4.69) is 15.1 Å². The minimum absolute atomic E-state index is 0.0150. The molecular formula is C16H21N5O3S. The maximum absolute atomic E-state index is 12.1. The van der Waals surface area contributed by atoms with Crippen LogP contribution in [0.3, 0.4) is 0 Å². The van der Waals surface area contributed by atoms with Crippen LogP contribution in [0.25, 0.3) is 16.6 Å².